The molecule has 0 spiro atoms. The van der Waals surface area contributed by atoms with E-state index in [9.17, 15) is 0 Å². The molecule has 1 saturated heterocycles. The van der Waals surface area contributed by atoms with E-state index in [-0.39, 0.29) is 0 Å². The molecule has 0 radical (unpaired) electrons. The summed E-state index contributed by atoms with van der Waals surface area (Å²) in [6, 6.07) is 3.23. The molecule has 0 saturated carbocycles. The maximum absolute atomic E-state index is 5.17. The largest absolute Gasteiger partial charge is 0.360 e. The molecule has 1 atom stereocenters. The van der Waals surface area contributed by atoms with Gasteiger partial charge in [-0.25, -0.2) is 0 Å². The normalized spacial score (nSPS) is 22.1. The first-order chi connectivity index (χ1) is 7.65. The molecule has 1 N–H and O–H groups in total. The Labute approximate surface area is 97.0 Å². The van der Waals surface area contributed by atoms with Gasteiger partial charge in [-0.15, -0.1) is 0 Å². The Balaban J connectivity index is 1.75. The highest BCUT2D eigenvalue weighted by molar-refractivity contribution is 5.03. The Kier molecular flexibility index (Phi) is 3.61. The molecule has 1 fully saturated rings. The second-order valence-electron chi connectivity index (χ2n) is 4.89. The summed E-state index contributed by atoms with van der Waals surface area (Å²) in [5.74, 6) is 0.931. The van der Waals surface area contributed by atoms with Crippen LogP contribution >= 0.6 is 0 Å². The predicted molar refractivity (Wildman–Crippen MR) is 63.2 cm³/mol. The minimum atomic E-state index is 0.591. The zero-order valence-corrected chi connectivity index (χ0v) is 10.4. The van der Waals surface area contributed by atoms with E-state index in [0.717, 1.165) is 24.5 Å². The van der Waals surface area contributed by atoms with Gasteiger partial charge in [0.1, 0.15) is 0 Å². The number of aromatic nitrogens is 1. The highest BCUT2D eigenvalue weighted by Crippen LogP contribution is 2.13. The van der Waals surface area contributed by atoms with Gasteiger partial charge >= 0.3 is 0 Å². The fourth-order valence-electron chi connectivity index (χ4n) is 2.17. The summed E-state index contributed by atoms with van der Waals surface area (Å²) < 4.78 is 5.17. The van der Waals surface area contributed by atoms with Crippen molar-refractivity contribution in [3.05, 3.63) is 17.5 Å². The van der Waals surface area contributed by atoms with Gasteiger partial charge in [-0.05, 0) is 33.7 Å². The molecule has 1 aromatic heterocycles. The third kappa shape index (κ3) is 2.83. The first kappa shape index (κ1) is 11.6. The van der Waals surface area contributed by atoms with Crippen molar-refractivity contribution in [1.29, 1.82) is 0 Å². The summed E-state index contributed by atoms with van der Waals surface area (Å²) in [6.07, 6.45) is 1.23. The Morgan fingerprint density at radius 2 is 2.44 bits per heavy atom. The van der Waals surface area contributed by atoms with Crippen LogP contribution < -0.4 is 5.32 Å². The van der Waals surface area contributed by atoms with Crippen LogP contribution in [0.2, 0.25) is 0 Å². The van der Waals surface area contributed by atoms with Gasteiger partial charge < -0.3 is 9.84 Å². The Hall–Kier alpha value is -0.870. The minimum absolute atomic E-state index is 0.591. The first-order valence-electron chi connectivity index (χ1n) is 6.05. The van der Waals surface area contributed by atoms with Gasteiger partial charge in [-0.1, -0.05) is 5.16 Å². The number of nitrogens with zero attached hydrogens (tertiary/aromatic N) is 2. The van der Waals surface area contributed by atoms with Gasteiger partial charge in [0.2, 0.25) is 0 Å². The van der Waals surface area contributed by atoms with Gasteiger partial charge in [-0.2, -0.15) is 0 Å². The third-order valence-electron chi connectivity index (χ3n) is 3.19. The molecule has 2 heterocycles. The van der Waals surface area contributed by atoms with Crippen LogP contribution in [0.5, 0.6) is 0 Å². The number of aryl methyl sites for hydroxylation is 1. The smallest absolute Gasteiger partial charge is 0.150 e. The van der Waals surface area contributed by atoms with Crippen LogP contribution in [0.3, 0.4) is 0 Å². The quantitative estimate of drug-likeness (QED) is 0.841. The molecule has 16 heavy (non-hydrogen) atoms. The Morgan fingerprint density at radius 1 is 1.62 bits per heavy atom. The van der Waals surface area contributed by atoms with E-state index >= 15 is 0 Å². The molecule has 4 heteroatoms. The fraction of sp³-hybridized carbons (Fsp3) is 0.750. The monoisotopic (exact) mass is 223 g/mol. The predicted octanol–water partition coefficient (Wildman–Crippen LogP) is 1.56. The number of hydrogen-bond acceptors (Lipinski definition) is 4. The van der Waals surface area contributed by atoms with Gasteiger partial charge in [0.15, 0.2) is 5.76 Å². The molecule has 0 bridgehead atoms. The van der Waals surface area contributed by atoms with Crippen molar-refractivity contribution in [3.8, 4) is 0 Å². The van der Waals surface area contributed by atoms with Gasteiger partial charge in [0.25, 0.3) is 0 Å². The van der Waals surface area contributed by atoms with E-state index in [0.29, 0.717) is 12.1 Å². The lowest BCUT2D eigenvalue weighted by Crippen LogP contribution is -2.34. The lowest BCUT2D eigenvalue weighted by atomic mass is 10.2. The molecule has 4 nitrogen and oxygen atoms in total. The summed E-state index contributed by atoms with van der Waals surface area (Å²) in [5.41, 5.74) is 0.951. The van der Waals surface area contributed by atoms with E-state index in [1.165, 1.54) is 13.0 Å². The number of likely N-dealkylation sites (tertiary alicyclic amines) is 1. The average Bonchev–Trinajstić information content (AvgIpc) is 2.83. The maximum Gasteiger partial charge on any atom is 0.150 e. The first-order valence-corrected chi connectivity index (χ1v) is 6.05. The number of hydrogen-bond donors (Lipinski definition) is 1. The summed E-state index contributed by atoms with van der Waals surface area (Å²) in [6.45, 7) is 9.58. The molecular formula is C12H21N3O. The van der Waals surface area contributed by atoms with E-state index in [1.807, 2.05) is 13.0 Å². The summed E-state index contributed by atoms with van der Waals surface area (Å²) in [5, 5.41) is 7.40. The van der Waals surface area contributed by atoms with Crippen LogP contribution in [0.25, 0.3) is 0 Å². The topological polar surface area (TPSA) is 41.3 Å². The molecule has 2 rings (SSSR count). The Morgan fingerprint density at radius 3 is 3.00 bits per heavy atom. The fourth-order valence-corrected chi connectivity index (χ4v) is 2.17. The van der Waals surface area contributed by atoms with Crippen LogP contribution in [0, 0.1) is 6.92 Å². The van der Waals surface area contributed by atoms with Crippen LogP contribution in [0.4, 0.5) is 0 Å². The molecule has 1 unspecified atom stereocenters. The maximum atomic E-state index is 5.17. The number of rotatable bonds is 4. The molecule has 90 valence electrons. The third-order valence-corrected chi connectivity index (χ3v) is 3.19. The summed E-state index contributed by atoms with van der Waals surface area (Å²) >= 11 is 0. The average molecular weight is 223 g/mol. The SMILES string of the molecule is Cc1cc(CNC2CCN(C(C)C)C2)on1. The van der Waals surface area contributed by atoms with Gasteiger partial charge in [0.05, 0.1) is 12.2 Å². The molecule has 0 aliphatic carbocycles. The van der Waals surface area contributed by atoms with Crippen molar-refractivity contribution >= 4 is 0 Å². The second kappa shape index (κ2) is 4.97. The van der Waals surface area contributed by atoms with Crippen molar-refractivity contribution in [1.82, 2.24) is 15.4 Å². The van der Waals surface area contributed by atoms with Crippen molar-refractivity contribution in [2.24, 2.45) is 0 Å². The lowest BCUT2D eigenvalue weighted by Gasteiger charge is -2.20. The van der Waals surface area contributed by atoms with Crippen LogP contribution in [0.1, 0.15) is 31.7 Å². The van der Waals surface area contributed by atoms with Crippen molar-refractivity contribution in [2.75, 3.05) is 13.1 Å². The van der Waals surface area contributed by atoms with E-state index < -0.39 is 0 Å². The van der Waals surface area contributed by atoms with E-state index in [4.69, 9.17) is 4.52 Å². The molecular weight excluding hydrogens is 202 g/mol. The summed E-state index contributed by atoms with van der Waals surface area (Å²) in [7, 11) is 0. The Bertz CT molecular complexity index is 335. The molecule has 1 aromatic rings. The molecule has 0 aromatic carbocycles. The molecule has 1 aliphatic rings. The minimum Gasteiger partial charge on any atom is -0.360 e. The highest BCUT2D eigenvalue weighted by Gasteiger charge is 2.23. The van der Waals surface area contributed by atoms with Crippen LogP contribution in [0.15, 0.2) is 10.6 Å². The van der Waals surface area contributed by atoms with Crippen LogP contribution in [-0.4, -0.2) is 35.2 Å². The van der Waals surface area contributed by atoms with Crippen LogP contribution in [-0.2, 0) is 6.54 Å². The van der Waals surface area contributed by atoms with Crippen molar-refractivity contribution in [2.45, 2.75) is 45.8 Å². The summed E-state index contributed by atoms with van der Waals surface area (Å²) in [4.78, 5) is 2.50. The van der Waals surface area contributed by atoms with E-state index in [2.05, 4.69) is 29.2 Å². The lowest BCUT2D eigenvalue weighted by molar-refractivity contribution is 0.266. The van der Waals surface area contributed by atoms with Gasteiger partial charge in [0, 0.05) is 24.7 Å². The highest BCUT2D eigenvalue weighted by atomic mass is 16.5. The molecule has 1 aliphatic heterocycles. The molecule has 0 amide bonds. The second-order valence-corrected chi connectivity index (χ2v) is 4.89. The van der Waals surface area contributed by atoms with Crippen molar-refractivity contribution in [3.63, 3.8) is 0 Å². The standard InChI is InChI=1S/C12H21N3O/c1-9(2)15-5-4-11(8-15)13-7-12-6-10(3)14-16-12/h6,9,11,13H,4-5,7-8H2,1-3H3. The van der Waals surface area contributed by atoms with Gasteiger partial charge in [-0.3, -0.25) is 4.90 Å². The number of nitrogens with one attached hydrogen (secondary N) is 1. The van der Waals surface area contributed by atoms with E-state index in [1.54, 1.807) is 0 Å². The zero-order chi connectivity index (χ0) is 11.5. The zero-order valence-electron chi connectivity index (χ0n) is 10.4. The van der Waals surface area contributed by atoms with Crippen molar-refractivity contribution < 1.29 is 4.52 Å².